The van der Waals surface area contributed by atoms with E-state index in [1.165, 1.54) is 12.1 Å². The molecule has 1 saturated heterocycles. The summed E-state index contributed by atoms with van der Waals surface area (Å²) in [6.45, 7) is 0.869. The van der Waals surface area contributed by atoms with Crippen LogP contribution in [0.5, 0.6) is 0 Å². The summed E-state index contributed by atoms with van der Waals surface area (Å²) < 4.78 is 38.5. The first-order valence-corrected chi connectivity index (χ1v) is 12.8. The van der Waals surface area contributed by atoms with Crippen LogP contribution >= 0.6 is 0 Å². The van der Waals surface area contributed by atoms with Gasteiger partial charge in [-0.25, -0.2) is 0 Å². The van der Waals surface area contributed by atoms with E-state index in [1.54, 1.807) is 4.90 Å². The minimum Gasteiger partial charge on any atom is -0.322 e. The molecule has 3 amide bonds. The summed E-state index contributed by atoms with van der Waals surface area (Å²) in [6.07, 6.45) is 1.39. The van der Waals surface area contributed by atoms with Gasteiger partial charge < -0.3 is 10.2 Å². The Morgan fingerprint density at radius 1 is 0.946 bits per heavy atom. The summed E-state index contributed by atoms with van der Waals surface area (Å²) in [6, 6.07) is 10.8. The lowest BCUT2D eigenvalue weighted by Crippen LogP contribution is -2.52. The van der Waals surface area contributed by atoms with Gasteiger partial charge in [-0.15, -0.1) is 0 Å². The highest BCUT2D eigenvalue weighted by atomic mass is 19.4. The maximum absolute atomic E-state index is 13.0. The largest absolute Gasteiger partial charge is 0.416 e. The van der Waals surface area contributed by atoms with E-state index in [9.17, 15) is 27.6 Å². The van der Waals surface area contributed by atoms with Crippen molar-refractivity contribution in [2.75, 3.05) is 0 Å². The van der Waals surface area contributed by atoms with Crippen LogP contribution in [0.25, 0.3) is 0 Å². The molecule has 3 aliphatic rings. The molecule has 2 heterocycles. The van der Waals surface area contributed by atoms with Crippen LogP contribution in [0.1, 0.15) is 71.1 Å². The summed E-state index contributed by atoms with van der Waals surface area (Å²) in [5.41, 5.74) is 2.82. The molecule has 0 spiro atoms. The van der Waals surface area contributed by atoms with E-state index >= 15 is 0 Å². The number of hydrogen-bond acceptors (Lipinski definition) is 4. The van der Waals surface area contributed by atoms with E-state index in [1.807, 2.05) is 12.1 Å². The number of benzene rings is 2. The van der Waals surface area contributed by atoms with E-state index in [4.69, 9.17) is 0 Å². The third kappa shape index (κ3) is 5.56. The maximum atomic E-state index is 13.0. The number of carbonyl (C=O) groups excluding carboxylic acids is 3. The smallest absolute Gasteiger partial charge is 0.322 e. The second kappa shape index (κ2) is 10.3. The molecule has 0 radical (unpaired) electrons. The van der Waals surface area contributed by atoms with Crippen LogP contribution in [0.2, 0.25) is 0 Å². The van der Waals surface area contributed by atoms with Crippen LogP contribution < -0.4 is 10.6 Å². The Morgan fingerprint density at radius 3 is 2.41 bits per heavy atom. The predicted octanol–water partition coefficient (Wildman–Crippen LogP) is 4.36. The first-order chi connectivity index (χ1) is 17.7. The zero-order valence-corrected chi connectivity index (χ0v) is 20.4. The Bertz CT molecular complexity index is 1200. The fourth-order valence-corrected chi connectivity index (χ4v) is 5.84. The molecular weight excluding hydrogens is 483 g/mol. The van der Waals surface area contributed by atoms with Gasteiger partial charge in [0, 0.05) is 31.1 Å². The molecule has 6 nitrogen and oxygen atoms in total. The number of nitrogens with one attached hydrogen (secondary N) is 2. The van der Waals surface area contributed by atoms with E-state index < -0.39 is 23.7 Å². The predicted molar refractivity (Wildman–Crippen MR) is 130 cm³/mol. The van der Waals surface area contributed by atoms with E-state index in [2.05, 4.69) is 16.7 Å². The molecule has 0 bridgehead atoms. The van der Waals surface area contributed by atoms with Crippen molar-refractivity contribution in [3.05, 3.63) is 70.3 Å². The standard InChI is InChI=1S/C28H30F3N3O3/c29-28(30,31)21-8-5-17(6-9-21)15-32-23-4-2-1-3-19(23)13-18-7-10-22-20(14-18)16-34(27(22)37)24-11-12-25(35)33-26(24)36/h5-10,14,19,23-24,32H,1-4,11-13,15-16H2,(H,33,35,36)/t19-,23+,24?/m1/s1. The molecule has 37 heavy (non-hydrogen) atoms. The third-order valence-electron chi connectivity index (χ3n) is 7.84. The highest BCUT2D eigenvalue weighted by Gasteiger charge is 2.39. The molecule has 1 unspecified atom stereocenters. The minimum absolute atomic E-state index is 0.176. The second-order valence-corrected chi connectivity index (χ2v) is 10.3. The first-order valence-electron chi connectivity index (χ1n) is 12.8. The number of alkyl halides is 3. The summed E-state index contributed by atoms with van der Waals surface area (Å²) in [7, 11) is 0. The quantitative estimate of drug-likeness (QED) is 0.563. The SMILES string of the molecule is O=C1CCC(N2Cc3cc(C[C@H]4CCCC[C@@H]4NCc4ccc(C(F)(F)F)cc4)ccc3C2=O)C(=O)N1. The molecule has 5 rings (SSSR count). The number of amides is 3. The van der Waals surface area contributed by atoms with Crippen LogP contribution in [0, 0.1) is 5.92 Å². The molecule has 9 heteroatoms. The normalized spacial score (nSPS) is 24.2. The zero-order valence-electron chi connectivity index (χ0n) is 20.4. The number of halogens is 3. The first kappa shape index (κ1) is 25.4. The van der Waals surface area contributed by atoms with Crippen molar-refractivity contribution in [1.29, 1.82) is 0 Å². The van der Waals surface area contributed by atoms with Crippen molar-refractivity contribution in [1.82, 2.24) is 15.5 Å². The number of rotatable bonds is 6. The van der Waals surface area contributed by atoms with Crippen molar-refractivity contribution in [2.45, 2.75) is 76.3 Å². The number of piperidine rings is 1. The van der Waals surface area contributed by atoms with Crippen LogP contribution in [0.3, 0.4) is 0 Å². The second-order valence-electron chi connectivity index (χ2n) is 10.3. The third-order valence-corrected chi connectivity index (χ3v) is 7.84. The van der Waals surface area contributed by atoms with Gasteiger partial charge in [-0.05, 0) is 66.5 Å². The maximum Gasteiger partial charge on any atom is 0.416 e. The molecule has 2 aromatic rings. The Hall–Kier alpha value is -3.20. The van der Waals surface area contributed by atoms with Crippen molar-refractivity contribution >= 4 is 17.7 Å². The zero-order chi connectivity index (χ0) is 26.2. The summed E-state index contributed by atoms with van der Waals surface area (Å²) in [5.74, 6) is -0.516. The molecular formula is C28H30F3N3O3. The molecule has 2 fully saturated rings. The van der Waals surface area contributed by atoms with Crippen molar-refractivity contribution < 1.29 is 27.6 Å². The van der Waals surface area contributed by atoms with Crippen LogP contribution in [-0.2, 0) is 35.3 Å². The number of nitrogens with zero attached hydrogens (tertiary/aromatic N) is 1. The van der Waals surface area contributed by atoms with Crippen molar-refractivity contribution in [2.24, 2.45) is 5.92 Å². The molecule has 1 saturated carbocycles. The minimum atomic E-state index is -4.33. The molecule has 0 aromatic heterocycles. The number of fused-ring (bicyclic) bond motifs is 1. The van der Waals surface area contributed by atoms with Gasteiger partial charge in [-0.3, -0.25) is 19.7 Å². The summed E-state index contributed by atoms with van der Waals surface area (Å²) >= 11 is 0. The Balaban J connectivity index is 1.22. The van der Waals surface area contributed by atoms with E-state index in [0.29, 0.717) is 31.0 Å². The van der Waals surface area contributed by atoms with Crippen molar-refractivity contribution in [3.63, 3.8) is 0 Å². The van der Waals surface area contributed by atoms with Gasteiger partial charge in [0.1, 0.15) is 6.04 Å². The highest BCUT2D eigenvalue weighted by molar-refractivity contribution is 6.05. The average molecular weight is 514 g/mol. The van der Waals surface area contributed by atoms with Crippen LogP contribution in [-0.4, -0.2) is 34.7 Å². The fraction of sp³-hybridized carbons (Fsp3) is 0.464. The average Bonchev–Trinajstić information content (AvgIpc) is 3.18. The summed E-state index contributed by atoms with van der Waals surface area (Å²) in [5, 5.41) is 5.90. The van der Waals surface area contributed by atoms with Crippen molar-refractivity contribution in [3.8, 4) is 0 Å². The monoisotopic (exact) mass is 513 g/mol. The topological polar surface area (TPSA) is 78.5 Å². The Labute approximate surface area is 213 Å². The van der Waals surface area contributed by atoms with E-state index in [0.717, 1.165) is 60.9 Å². The molecule has 1 aliphatic carbocycles. The van der Waals surface area contributed by atoms with Crippen LogP contribution in [0.4, 0.5) is 13.2 Å². The van der Waals surface area contributed by atoms with Gasteiger partial charge >= 0.3 is 6.18 Å². The lowest BCUT2D eigenvalue weighted by Gasteiger charge is -2.33. The van der Waals surface area contributed by atoms with Gasteiger partial charge in [-0.2, -0.15) is 13.2 Å². The van der Waals surface area contributed by atoms with Gasteiger partial charge in [0.05, 0.1) is 5.56 Å². The Kier molecular flexibility index (Phi) is 7.07. The van der Waals surface area contributed by atoms with E-state index in [-0.39, 0.29) is 24.3 Å². The van der Waals surface area contributed by atoms with Gasteiger partial charge in [0.2, 0.25) is 11.8 Å². The molecule has 2 aromatic carbocycles. The van der Waals surface area contributed by atoms with Crippen LogP contribution in [0.15, 0.2) is 42.5 Å². The Morgan fingerprint density at radius 2 is 1.68 bits per heavy atom. The number of imide groups is 1. The van der Waals surface area contributed by atoms with Gasteiger partial charge in [0.25, 0.3) is 5.91 Å². The highest BCUT2D eigenvalue weighted by Crippen LogP contribution is 2.32. The fourth-order valence-electron chi connectivity index (χ4n) is 5.84. The molecule has 2 N–H and O–H groups in total. The summed E-state index contributed by atoms with van der Waals surface area (Å²) in [4.78, 5) is 38.3. The molecule has 196 valence electrons. The lowest BCUT2D eigenvalue weighted by atomic mass is 9.80. The number of hydrogen-bond donors (Lipinski definition) is 2. The number of carbonyl (C=O) groups is 3. The lowest BCUT2D eigenvalue weighted by molar-refractivity contribution is -0.138. The molecule has 2 aliphatic heterocycles. The molecule has 3 atom stereocenters. The van der Waals surface area contributed by atoms with Gasteiger partial charge in [0.15, 0.2) is 0 Å². The van der Waals surface area contributed by atoms with Gasteiger partial charge in [-0.1, -0.05) is 37.1 Å².